The van der Waals surface area contributed by atoms with Crippen LogP contribution in [0.1, 0.15) is 21.6 Å². The number of methoxy groups -OCH3 is 1. The van der Waals surface area contributed by atoms with E-state index in [1.807, 2.05) is 48.5 Å². The number of carbonyl (C=O) groups excluding carboxylic acids is 1. The molecule has 1 amide bonds. The number of nitrogens with one attached hydrogen (secondary N) is 2. The van der Waals surface area contributed by atoms with Crippen molar-refractivity contribution in [1.29, 1.82) is 0 Å². The Morgan fingerprint density at radius 2 is 2.04 bits per heavy atom. The Balaban J connectivity index is 1.51. The van der Waals surface area contributed by atoms with Crippen LogP contribution >= 0.6 is 0 Å². The van der Waals surface area contributed by atoms with Gasteiger partial charge < -0.3 is 14.8 Å². The highest BCUT2D eigenvalue weighted by molar-refractivity contribution is 5.96. The summed E-state index contributed by atoms with van der Waals surface area (Å²) in [5, 5.41) is 10.1. The van der Waals surface area contributed by atoms with Gasteiger partial charge in [0, 0.05) is 17.7 Å². The molecule has 0 spiro atoms. The SMILES string of the molecule is COc1ccc(CNC(=O)c2[nH]nc3c2COc2ccccc2-3)cc1. The molecular weight excluding hydrogens is 318 g/mol. The van der Waals surface area contributed by atoms with Crippen molar-refractivity contribution in [2.45, 2.75) is 13.2 Å². The fourth-order valence-electron chi connectivity index (χ4n) is 2.87. The summed E-state index contributed by atoms with van der Waals surface area (Å²) in [6.45, 7) is 0.752. The van der Waals surface area contributed by atoms with Crippen LogP contribution in [-0.2, 0) is 13.2 Å². The Hall–Kier alpha value is -3.28. The average molecular weight is 335 g/mol. The third-order valence-electron chi connectivity index (χ3n) is 4.22. The molecule has 2 aromatic carbocycles. The zero-order valence-electron chi connectivity index (χ0n) is 13.7. The first kappa shape index (κ1) is 15.3. The van der Waals surface area contributed by atoms with Crippen LogP contribution in [0.15, 0.2) is 48.5 Å². The minimum atomic E-state index is -0.201. The largest absolute Gasteiger partial charge is 0.497 e. The predicted octanol–water partition coefficient (Wildman–Crippen LogP) is 2.91. The Morgan fingerprint density at radius 1 is 1.24 bits per heavy atom. The third kappa shape index (κ3) is 2.82. The predicted molar refractivity (Wildman–Crippen MR) is 92.5 cm³/mol. The molecule has 6 nitrogen and oxygen atoms in total. The number of amides is 1. The zero-order valence-corrected chi connectivity index (χ0v) is 13.7. The fraction of sp³-hybridized carbons (Fsp3) is 0.158. The summed E-state index contributed by atoms with van der Waals surface area (Å²) in [5.41, 5.74) is 3.89. The van der Waals surface area contributed by atoms with Crippen LogP contribution in [0.5, 0.6) is 11.5 Å². The van der Waals surface area contributed by atoms with Gasteiger partial charge in [0.05, 0.1) is 7.11 Å². The summed E-state index contributed by atoms with van der Waals surface area (Å²) in [6.07, 6.45) is 0. The van der Waals surface area contributed by atoms with E-state index in [9.17, 15) is 4.79 Å². The van der Waals surface area contributed by atoms with E-state index in [1.165, 1.54) is 0 Å². The molecule has 4 rings (SSSR count). The van der Waals surface area contributed by atoms with E-state index in [4.69, 9.17) is 9.47 Å². The topological polar surface area (TPSA) is 76.2 Å². The van der Waals surface area contributed by atoms with Gasteiger partial charge in [0.2, 0.25) is 0 Å². The molecule has 126 valence electrons. The number of hydrogen-bond acceptors (Lipinski definition) is 4. The molecule has 1 aliphatic rings. The van der Waals surface area contributed by atoms with Crippen molar-refractivity contribution in [2.24, 2.45) is 0 Å². The van der Waals surface area contributed by atoms with Crippen LogP contribution in [0.4, 0.5) is 0 Å². The quantitative estimate of drug-likeness (QED) is 0.769. The highest BCUT2D eigenvalue weighted by Crippen LogP contribution is 2.36. The number of rotatable bonds is 4. The molecule has 2 heterocycles. The molecule has 6 heteroatoms. The molecule has 0 bridgehead atoms. The molecule has 0 saturated carbocycles. The molecular formula is C19H17N3O3. The van der Waals surface area contributed by atoms with Gasteiger partial charge in [-0.15, -0.1) is 0 Å². The van der Waals surface area contributed by atoms with Gasteiger partial charge in [-0.05, 0) is 29.8 Å². The lowest BCUT2D eigenvalue weighted by Gasteiger charge is -2.17. The smallest absolute Gasteiger partial charge is 0.270 e. The standard InChI is InChI=1S/C19H17N3O3/c1-24-13-8-6-12(7-9-13)10-20-19(23)18-15-11-25-16-5-3-2-4-14(16)17(15)21-22-18/h2-9H,10-11H2,1H3,(H,20,23)(H,21,22). The van der Waals surface area contributed by atoms with Crippen LogP contribution < -0.4 is 14.8 Å². The molecule has 1 aliphatic heterocycles. The van der Waals surface area contributed by atoms with Crippen molar-refractivity contribution in [3.8, 4) is 22.8 Å². The lowest BCUT2D eigenvalue weighted by Crippen LogP contribution is -2.24. The maximum atomic E-state index is 12.5. The van der Waals surface area contributed by atoms with Crippen LogP contribution in [-0.4, -0.2) is 23.2 Å². The van der Waals surface area contributed by atoms with Crippen molar-refractivity contribution in [3.05, 3.63) is 65.4 Å². The second kappa shape index (κ2) is 6.32. The average Bonchev–Trinajstić information content (AvgIpc) is 3.11. The second-order valence-electron chi connectivity index (χ2n) is 5.74. The van der Waals surface area contributed by atoms with E-state index in [0.717, 1.165) is 33.9 Å². The highest BCUT2D eigenvalue weighted by atomic mass is 16.5. The minimum Gasteiger partial charge on any atom is -0.497 e. The number of benzene rings is 2. The minimum absolute atomic E-state index is 0.201. The number of hydrogen-bond donors (Lipinski definition) is 2. The van der Waals surface area contributed by atoms with Crippen molar-refractivity contribution >= 4 is 5.91 Å². The summed E-state index contributed by atoms with van der Waals surface area (Å²) in [6, 6.07) is 15.2. The Labute approximate surface area is 144 Å². The summed E-state index contributed by atoms with van der Waals surface area (Å²) in [7, 11) is 1.62. The van der Waals surface area contributed by atoms with Crippen LogP contribution in [0.3, 0.4) is 0 Å². The molecule has 0 fully saturated rings. The van der Waals surface area contributed by atoms with Crippen molar-refractivity contribution in [1.82, 2.24) is 15.5 Å². The van der Waals surface area contributed by atoms with Crippen molar-refractivity contribution in [3.63, 3.8) is 0 Å². The first-order valence-electron chi connectivity index (χ1n) is 7.97. The number of ether oxygens (including phenoxy) is 2. The molecule has 0 unspecified atom stereocenters. The van der Waals surface area contributed by atoms with E-state index in [2.05, 4.69) is 15.5 Å². The maximum absolute atomic E-state index is 12.5. The molecule has 2 N–H and O–H groups in total. The van der Waals surface area contributed by atoms with Gasteiger partial charge in [-0.3, -0.25) is 9.89 Å². The Bertz CT molecular complexity index is 916. The summed E-state index contributed by atoms with van der Waals surface area (Å²) in [4.78, 5) is 12.5. The molecule has 25 heavy (non-hydrogen) atoms. The fourth-order valence-corrected chi connectivity index (χ4v) is 2.87. The van der Waals surface area contributed by atoms with Crippen LogP contribution in [0.25, 0.3) is 11.3 Å². The van der Waals surface area contributed by atoms with Gasteiger partial charge in [0.1, 0.15) is 29.5 Å². The molecule has 0 radical (unpaired) electrons. The summed E-state index contributed by atoms with van der Waals surface area (Å²) >= 11 is 0. The number of aromatic amines is 1. The third-order valence-corrected chi connectivity index (χ3v) is 4.22. The van der Waals surface area contributed by atoms with E-state index in [-0.39, 0.29) is 5.91 Å². The maximum Gasteiger partial charge on any atom is 0.270 e. The number of H-pyrrole nitrogens is 1. The van der Waals surface area contributed by atoms with Gasteiger partial charge >= 0.3 is 0 Å². The number of carbonyl (C=O) groups is 1. The normalized spacial score (nSPS) is 11.9. The second-order valence-corrected chi connectivity index (χ2v) is 5.74. The molecule has 0 saturated heterocycles. The van der Waals surface area contributed by atoms with Gasteiger partial charge in [-0.2, -0.15) is 5.10 Å². The molecule has 0 aliphatic carbocycles. The van der Waals surface area contributed by atoms with E-state index < -0.39 is 0 Å². The number of nitrogens with zero attached hydrogens (tertiary/aromatic N) is 1. The van der Waals surface area contributed by atoms with Gasteiger partial charge in [-0.1, -0.05) is 24.3 Å². The summed E-state index contributed by atoms with van der Waals surface area (Å²) in [5.74, 6) is 1.37. The van der Waals surface area contributed by atoms with Gasteiger partial charge in [-0.25, -0.2) is 0 Å². The van der Waals surface area contributed by atoms with Crippen molar-refractivity contribution in [2.75, 3.05) is 7.11 Å². The van der Waals surface area contributed by atoms with Gasteiger partial charge in [0.25, 0.3) is 5.91 Å². The Morgan fingerprint density at radius 3 is 2.84 bits per heavy atom. The first-order chi connectivity index (χ1) is 12.3. The van der Waals surface area contributed by atoms with Crippen molar-refractivity contribution < 1.29 is 14.3 Å². The number of aromatic nitrogens is 2. The molecule has 3 aromatic rings. The van der Waals surface area contributed by atoms with E-state index in [0.29, 0.717) is 18.8 Å². The van der Waals surface area contributed by atoms with E-state index >= 15 is 0 Å². The molecule has 0 atom stereocenters. The van der Waals surface area contributed by atoms with Gasteiger partial charge in [0.15, 0.2) is 0 Å². The first-order valence-corrected chi connectivity index (χ1v) is 7.97. The molecule has 1 aromatic heterocycles. The number of para-hydroxylation sites is 1. The zero-order chi connectivity index (χ0) is 17.2. The lowest BCUT2D eigenvalue weighted by atomic mass is 10.0. The highest BCUT2D eigenvalue weighted by Gasteiger charge is 2.25. The van der Waals surface area contributed by atoms with E-state index in [1.54, 1.807) is 7.11 Å². The van der Waals surface area contributed by atoms with Crippen LogP contribution in [0.2, 0.25) is 0 Å². The van der Waals surface area contributed by atoms with Crippen LogP contribution in [0, 0.1) is 0 Å². The monoisotopic (exact) mass is 335 g/mol. The Kier molecular flexibility index (Phi) is 3.85. The number of fused-ring (bicyclic) bond motifs is 3. The lowest BCUT2D eigenvalue weighted by molar-refractivity contribution is 0.0943. The summed E-state index contributed by atoms with van der Waals surface area (Å²) < 4.78 is 10.9.